The molecule has 11 heteroatoms. The lowest BCUT2D eigenvalue weighted by atomic mass is 10.1. The Morgan fingerprint density at radius 1 is 1.12 bits per heavy atom. The van der Waals surface area contributed by atoms with Crippen molar-refractivity contribution in [2.45, 2.75) is 58.0 Å². The molecule has 3 aromatic rings. The van der Waals surface area contributed by atoms with Crippen molar-refractivity contribution in [1.82, 2.24) is 29.3 Å². The Morgan fingerprint density at radius 2 is 1.82 bits per heavy atom. The van der Waals surface area contributed by atoms with Crippen LogP contribution in [0.25, 0.3) is 5.70 Å². The third kappa shape index (κ3) is 6.19. The number of halogens is 3. The molecule has 0 spiro atoms. The maximum atomic E-state index is 12.5. The molecular weight excluding hydrogens is 435 g/mol. The monoisotopic (exact) mass is 463 g/mol. The Balaban J connectivity index is 1.88. The van der Waals surface area contributed by atoms with Gasteiger partial charge in [0.25, 0.3) is 0 Å². The van der Waals surface area contributed by atoms with Crippen LogP contribution >= 0.6 is 0 Å². The van der Waals surface area contributed by atoms with Gasteiger partial charge in [-0.15, -0.1) is 0 Å². The molecule has 0 bridgehead atoms. The first-order valence-corrected chi connectivity index (χ1v) is 10.7. The molecule has 0 radical (unpaired) electrons. The Morgan fingerprint density at radius 3 is 2.42 bits per heavy atom. The van der Waals surface area contributed by atoms with Gasteiger partial charge in [0.15, 0.2) is 0 Å². The molecule has 0 saturated carbocycles. The van der Waals surface area contributed by atoms with Crippen LogP contribution in [0, 0.1) is 0 Å². The third-order valence-electron chi connectivity index (χ3n) is 5.33. The average Bonchev–Trinajstić information content (AvgIpc) is 3.47. The normalized spacial score (nSPS) is 13.6. The highest BCUT2D eigenvalue weighted by Crippen LogP contribution is 2.23. The predicted molar refractivity (Wildman–Crippen MR) is 119 cm³/mol. The molecule has 0 aliphatic carbocycles. The van der Waals surface area contributed by atoms with E-state index in [-0.39, 0.29) is 12.6 Å². The summed E-state index contributed by atoms with van der Waals surface area (Å²) < 4.78 is 42.3. The van der Waals surface area contributed by atoms with Crippen molar-refractivity contribution in [2.75, 3.05) is 0 Å². The van der Waals surface area contributed by atoms with Gasteiger partial charge in [0.1, 0.15) is 0 Å². The van der Waals surface area contributed by atoms with Gasteiger partial charge in [-0.05, 0) is 18.9 Å². The van der Waals surface area contributed by atoms with E-state index in [1.54, 1.807) is 24.1 Å². The van der Waals surface area contributed by atoms with Crippen LogP contribution in [0.15, 0.2) is 48.6 Å². The second kappa shape index (κ2) is 10.2. The molecule has 0 amide bonds. The van der Waals surface area contributed by atoms with Gasteiger partial charge in [0, 0.05) is 36.8 Å². The average molecular weight is 464 g/mol. The van der Waals surface area contributed by atoms with Gasteiger partial charge in [0.05, 0.1) is 54.6 Å². The molecule has 3 heterocycles. The molecule has 1 N–H and O–H groups in total. The minimum Gasteiger partial charge on any atom is -0.391 e. The molecule has 1 unspecified atom stereocenters. The van der Waals surface area contributed by atoms with Gasteiger partial charge in [-0.3, -0.25) is 14.0 Å². The largest absolute Gasteiger partial charge is 0.391 e. The van der Waals surface area contributed by atoms with Crippen molar-refractivity contribution < 1.29 is 18.3 Å². The first kappa shape index (κ1) is 24.4. The second-order valence-electron chi connectivity index (χ2n) is 7.85. The summed E-state index contributed by atoms with van der Waals surface area (Å²) >= 11 is 0. The summed E-state index contributed by atoms with van der Waals surface area (Å²) in [7, 11) is 1.80. The molecule has 0 aromatic carbocycles. The number of nitrogens with zero attached hydrogens (tertiary/aromatic N) is 7. The van der Waals surface area contributed by atoms with Gasteiger partial charge >= 0.3 is 6.18 Å². The third-order valence-corrected chi connectivity index (χ3v) is 5.33. The van der Waals surface area contributed by atoms with Gasteiger partial charge < -0.3 is 5.11 Å². The summed E-state index contributed by atoms with van der Waals surface area (Å²) in [5.74, 6) is 0. The number of aliphatic hydroxyl groups is 1. The van der Waals surface area contributed by atoms with Crippen molar-refractivity contribution in [1.29, 1.82) is 0 Å². The zero-order chi connectivity index (χ0) is 24.2. The van der Waals surface area contributed by atoms with Gasteiger partial charge in [-0.25, -0.2) is 4.99 Å². The standard InChI is InChI=1S/C22H28F3N7O/c1-5-18(6-2)32-13-17(11-28-32)21(20-7-8-26-30(20)4)29-15(3)16-10-27-31(12-16)14-19(33)9-22(23,24)25/h7-8,10-13,18-19,33H,3,5-6,9,14H2,1-2,4H3. The minimum absolute atomic E-state index is 0.274. The zero-order valence-electron chi connectivity index (χ0n) is 18.9. The summed E-state index contributed by atoms with van der Waals surface area (Å²) in [5, 5.41) is 22.4. The topological polar surface area (TPSA) is 86.0 Å². The molecule has 3 aromatic heterocycles. The fraction of sp³-hybridized carbons (Fsp3) is 0.455. The number of hydrogen-bond donors (Lipinski definition) is 1. The molecule has 0 aliphatic heterocycles. The van der Waals surface area contributed by atoms with Crippen molar-refractivity contribution in [2.24, 2.45) is 12.0 Å². The maximum absolute atomic E-state index is 12.5. The van der Waals surface area contributed by atoms with E-state index in [0.29, 0.717) is 17.0 Å². The van der Waals surface area contributed by atoms with Crippen molar-refractivity contribution >= 4 is 11.4 Å². The molecule has 0 aliphatic rings. The number of aliphatic imine (C=N–C) groups is 1. The maximum Gasteiger partial charge on any atom is 0.391 e. The van der Waals surface area contributed by atoms with Crippen LogP contribution < -0.4 is 0 Å². The van der Waals surface area contributed by atoms with E-state index in [4.69, 9.17) is 4.99 Å². The highest BCUT2D eigenvalue weighted by Gasteiger charge is 2.31. The van der Waals surface area contributed by atoms with Crippen LogP contribution in [0.5, 0.6) is 0 Å². The van der Waals surface area contributed by atoms with E-state index in [1.165, 1.54) is 17.1 Å². The number of hydrogen-bond acceptors (Lipinski definition) is 5. The Kier molecular flexibility index (Phi) is 7.52. The Hall–Kier alpha value is -3.21. The quantitative estimate of drug-likeness (QED) is 0.461. The van der Waals surface area contributed by atoms with Crippen LogP contribution in [0.1, 0.15) is 56.0 Å². The molecule has 3 rings (SSSR count). The van der Waals surface area contributed by atoms with E-state index in [0.717, 1.165) is 24.1 Å². The molecule has 0 saturated heterocycles. The molecule has 0 fully saturated rings. The molecular formula is C22H28F3N7O. The first-order valence-electron chi connectivity index (χ1n) is 10.7. The highest BCUT2D eigenvalue weighted by atomic mass is 19.4. The fourth-order valence-electron chi connectivity index (χ4n) is 3.56. The van der Waals surface area contributed by atoms with Crippen LogP contribution in [-0.4, -0.2) is 52.4 Å². The lowest BCUT2D eigenvalue weighted by Crippen LogP contribution is -2.24. The van der Waals surface area contributed by atoms with Crippen LogP contribution in [-0.2, 0) is 13.6 Å². The first-order chi connectivity index (χ1) is 15.6. The summed E-state index contributed by atoms with van der Waals surface area (Å²) in [6.45, 7) is 7.95. The molecule has 1 atom stereocenters. The summed E-state index contributed by atoms with van der Waals surface area (Å²) in [5.41, 5.74) is 3.06. The van der Waals surface area contributed by atoms with E-state index >= 15 is 0 Å². The van der Waals surface area contributed by atoms with Gasteiger partial charge in [-0.1, -0.05) is 20.4 Å². The smallest absolute Gasteiger partial charge is 0.391 e. The number of alkyl halides is 3. The summed E-state index contributed by atoms with van der Waals surface area (Å²) in [6.07, 6.45) is 2.88. The number of aryl methyl sites for hydroxylation is 1. The zero-order valence-corrected chi connectivity index (χ0v) is 18.9. The lowest BCUT2D eigenvalue weighted by Gasteiger charge is -2.12. The summed E-state index contributed by atoms with van der Waals surface area (Å²) in [4.78, 5) is 4.71. The van der Waals surface area contributed by atoms with E-state index in [2.05, 4.69) is 35.7 Å². The van der Waals surface area contributed by atoms with Crippen LogP contribution in [0.4, 0.5) is 13.2 Å². The molecule has 33 heavy (non-hydrogen) atoms. The van der Waals surface area contributed by atoms with Crippen LogP contribution in [0.3, 0.4) is 0 Å². The Labute approximate surface area is 190 Å². The number of aromatic nitrogens is 6. The Bertz CT molecular complexity index is 1110. The SMILES string of the molecule is C=C(N=C(c1cnn(C(CC)CC)c1)c1ccnn1C)c1cnn(CC(O)CC(F)(F)F)c1. The number of aliphatic hydroxyl groups excluding tert-OH is 1. The molecule has 178 valence electrons. The lowest BCUT2D eigenvalue weighted by molar-refractivity contribution is -0.154. The fourth-order valence-corrected chi connectivity index (χ4v) is 3.56. The van der Waals surface area contributed by atoms with E-state index in [1.807, 2.05) is 16.9 Å². The van der Waals surface area contributed by atoms with Crippen LogP contribution in [0.2, 0.25) is 0 Å². The van der Waals surface area contributed by atoms with E-state index < -0.39 is 18.7 Å². The van der Waals surface area contributed by atoms with E-state index in [9.17, 15) is 18.3 Å². The summed E-state index contributed by atoms with van der Waals surface area (Å²) in [6, 6.07) is 2.11. The second-order valence-corrected chi connectivity index (χ2v) is 7.85. The van der Waals surface area contributed by atoms with Gasteiger partial charge in [0.2, 0.25) is 0 Å². The predicted octanol–water partition coefficient (Wildman–Crippen LogP) is 4.00. The van der Waals surface area contributed by atoms with Crippen molar-refractivity contribution in [3.8, 4) is 0 Å². The molecule has 8 nitrogen and oxygen atoms in total. The van der Waals surface area contributed by atoms with Crippen molar-refractivity contribution in [3.05, 3.63) is 60.5 Å². The highest BCUT2D eigenvalue weighted by molar-refractivity contribution is 6.13. The van der Waals surface area contributed by atoms with Crippen molar-refractivity contribution in [3.63, 3.8) is 0 Å². The van der Waals surface area contributed by atoms with Gasteiger partial charge in [-0.2, -0.15) is 28.5 Å². The number of rotatable bonds is 10. The minimum atomic E-state index is -4.44.